The first-order valence-electron chi connectivity index (χ1n) is 6.72. The first-order valence-corrected chi connectivity index (χ1v) is 6.72. The minimum absolute atomic E-state index is 0.0740. The molecule has 0 aliphatic carbocycles. The summed E-state index contributed by atoms with van der Waals surface area (Å²) >= 11 is 0. The molecule has 0 atom stereocenters. The van der Waals surface area contributed by atoms with Crippen LogP contribution in [0.3, 0.4) is 0 Å². The van der Waals surface area contributed by atoms with Crippen molar-refractivity contribution >= 4 is 17.2 Å². The van der Waals surface area contributed by atoms with Crippen LogP contribution in [0.4, 0.5) is 21.6 Å². The molecule has 0 aliphatic heterocycles. The number of nitro groups is 1. The Morgan fingerprint density at radius 2 is 2.09 bits per heavy atom. The van der Waals surface area contributed by atoms with Crippen molar-refractivity contribution in [3.05, 3.63) is 70.4 Å². The van der Waals surface area contributed by atoms with E-state index in [-0.39, 0.29) is 11.5 Å². The number of aromatic nitrogens is 3. The highest BCUT2D eigenvalue weighted by Gasteiger charge is 2.11. The maximum absolute atomic E-state index is 13.7. The molecule has 2 heterocycles. The molecule has 0 radical (unpaired) electrons. The Labute approximate surface area is 130 Å². The smallest absolute Gasteiger partial charge is 0.287 e. The molecule has 0 saturated carbocycles. The van der Waals surface area contributed by atoms with E-state index < -0.39 is 4.92 Å². The fourth-order valence-electron chi connectivity index (χ4n) is 2.08. The second-order valence-corrected chi connectivity index (χ2v) is 4.87. The van der Waals surface area contributed by atoms with E-state index in [2.05, 4.69) is 15.4 Å². The van der Waals surface area contributed by atoms with Crippen LogP contribution in [-0.4, -0.2) is 19.7 Å². The summed E-state index contributed by atoms with van der Waals surface area (Å²) in [6, 6.07) is 7.71. The van der Waals surface area contributed by atoms with Crippen molar-refractivity contribution < 1.29 is 9.31 Å². The summed E-state index contributed by atoms with van der Waals surface area (Å²) in [4.78, 5) is 14.2. The Balaban J connectivity index is 1.85. The Hall–Kier alpha value is -3.29. The number of nitrogens with zero attached hydrogens (tertiary/aromatic N) is 4. The summed E-state index contributed by atoms with van der Waals surface area (Å²) < 4.78 is 15.1. The lowest BCUT2D eigenvalue weighted by Gasteiger charge is -2.05. The molecular weight excluding hydrogens is 301 g/mol. The fraction of sp³-hybridized carbons (Fsp3) is 0.0667. The van der Waals surface area contributed by atoms with E-state index >= 15 is 0 Å². The van der Waals surface area contributed by atoms with Crippen LogP contribution in [-0.2, 0) is 0 Å². The SMILES string of the molecule is Cc1cc([N+](=O)[O-])cnc1Nc1cnn(-c2ccccc2F)c1. The van der Waals surface area contributed by atoms with Crippen LogP contribution >= 0.6 is 0 Å². The van der Waals surface area contributed by atoms with Crippen LogP contribution < -0.4 is 5.32 Å². The molecule has 0 bridgehead atoms. The van der Waals surface area contributed by atoms with Gasteiger partial charge in [0.2, 0.25) is 0 Å². The van der Waals surface area contributed by atoms with Gasteiger partial charge in [0.15, 0.2) is 0 Å². The Morgan fingerprint density at radius 1 is 1.30 bits per heavy atom. The lowest BCUT2D eigenvalue weighted by atomic mass is 10.2. The second-order valence-electron chi connectivity index (χ2n) is 4.87. The van der Waals surface area contributed by atoms with Gasteiger partial charge in [-0.15, -0.1) is 0 Å². The van der Waals surface area contributed by atoms with Crippen molar-refractivity contribution in [2.24, 2.45) is 0 Å². The molecule has 7 nitrogen and oxygen atoms in total. The van der Waals surface area contributed by atoms with Crippen LogP contribution in [0, 0.1) is 22.9 Å². The molecule has 1 N–H and O–H groups in total. The number of pyridine rings is 1. The lowest BCUT2D eigenvalue weighted by Crippen LogP contribution is -1.99. The molecule has 116 valence electrons. The van der Waals surface area contributed by atoms with E-state index in [0.717, 1.165) is 0 Å². The molecule has 0 saturated heterocycles. The summed E-state index contributed by atoms with van der Waals surface area (Å²) in [6.45, 7) is 1.71. The molecule has 3 aromatic rings. The summed E-state index contributed by atoms with van der Waals surface area (Å²) in [5.74, 6) is 0.0930. The van der Waals surface area contributed by atoms with Gasteiger partial charge in [-0.05, 0) is 24.6 Å². The zero-order chi connectivity index (χ0) is 16.4. The van der Waals surface area contributed by atoms with E-state index in [1.54, 1.807) is 31.3 Å². The maximum atomic E-state index is 13.7. The summed E-state index contributed by atoms with van der Waals surface area (Å²) in [5, 5.41) is 17.8. The zero-order valence-corrected chi connectivity index (χ0v) is 12.1. The third-order valence-corrected chi connectivity index (χ3v) is 3.22. The fourth-order valence-corrected chi connectivity index (χ4v) is 2.08. The average molecular weight is 313 g/mol. The van der Waals surface area contributed by atoms with Gasteiger partial charge in [0.25, 0.3) is 5.69 Å². The Morgan fingerprint density at radius 3 is 2.78 bits per heavy atom. The Kier molecular flexibility index (Phi) is 3.71. The molecule has 23 heavy (non-hydrogen) atoms. The van der Waals surface area contributed by atoms with Gasteiger partial charge in [0.1, 0.15) is 23.5 Å². The van der Waals surface area contributed by atoms with E-state index in [1.807, 2.05) is 0 Å². The molecule has 3 rings (SSSR count). The highest BCUT2D eigenvalue weighted by molar-refractivity contribution is 5.59. The van der Waals surface area contributed by atoms with Gasteiger partial charge < -0.3 is 5.32 Å². The van der Waals surface area contributed by atoms with Gasteiger partial charge in [-0.2, -0.15) is 5.10 Å². The van der Waals surface area contributed by atoms with Gasteiger partial charge in [-0.1, -0.05) is 12.1 Å². The predicted octanol–water partition coefficient (Wildman–Crippen LogP) is 3.37. The molecular formula is C15H12FN5O2. The topological polar surface area (TPSA) is 85.9 Å². The summed E-state index contributed by atoms with van der Waals surface area (Å²) in [6.07, 6.45) is 4.31. The normalized spacial score (nSPS) is 10.5. The molecule has 2 aromatic heterocycles. The number of anilines is 2. The second kappa shape index (κ2) is 5.84. The van der Waals surface area contributed by atoms with Crippen molar-refractivity contribution in [3.8, 4) is 5.69 Å². The third kappa shape index (κ3) is 3.00. The quantitative estimate of drug-likeness (QED) is 0.589. The van der Waals surface area contributed by atoms with Crippen LogP contribution in [0.5, 0.6) is 0 Å². The van der Waals surface area contributed by atoms with E-state index in [0.29, 0.717) is 22.8 Å². The van der Waals surface area contributed by atoms with E-state index in [1.165, 1.54) is 29.2 Å². The van der Waals surface area contributed by atoms with Crippen LogP contribution in [0.25, 0.3) is 5.69 Å². The van der Waals surface area contributed by atoms with Crippen molar-refractivity contribution in [1.82, 2.24) is 14.8 Å². The minimum atomic E-state index is -0.500. The molecule has 0 fully saturated rings. The number of nitrogens with one attached hydrogen (secondary N) is 1. The van der Waals surface area contributed by atoms with Crippen LogP contribution in [0.15, 0.2) is 48.9 Å². The number of rotatable bonds is 4. The standard InChI is InChI=1S/C15H12FN5O2/c1-10-6-12(21(22)23)8-17-15(10)19-11-7-18-20(9-11)14-5-3-2-4-13(14)16/h2-9H,1H3,(H,17,19). The van der Waals surface area contributed by atoms with Crippen molar-refractivity contribution in [1.29, 1.82) is 0 Å². The van der Waals surface area contributed by atoms with Crippen molar-refractivity contribution in [2.75, 3.05) is 5.32 Å². The largest absolute Gasteiger partial charge is 0.337 e. The maximum Gasteiger partial charge on any atom is 0.287 e. The van der Waals surface area contributed by atoms with Crippen molar-refractivity contribution in [2.45, 2.75) is 6.92 Å². The van der Waals surface area contributed by atoms with Crippen LogP contribution in [0.1, 0.15) is 5.56 Å². The number of para-hydroxylation sites is 1. The van der Waals surface area contributed by atoms with Gasteiger partial charge in [0.05, 0.1) is 23.0 Å². The summed E-state index contributed by atoms with van der Waals surface area (Å²) in [5.41, 5.74) is 1.47. The molecule has 0 amide bonds. The zero-order valence-electron chi connectivity index (χ0n) is 12.1. The first-order chi connectivity index (χ1) is 11.0. The molecule has 0 unspecified atom stereocenters. The third-order valence-electron chi connectivity index (χ3n) is 3.22. The first kappa shape index (κ1) is 14.6. The van der Waals surface area contributed by atoms with Gasteiger partial charge in [0, 0.05) is 6.07 Å². The highest BCUT2D eigenvalue weighted by Crippen LogP contribution is 2.22. The number of hydrogen-bond acceptors (Lipinski definition) is 5. The number of halogens is 1. The minimum Gasteiger partial charge on any atom is -0.337 e. The monoisotopic (exact) mass is 313 g/mol. The number of benzene rings is 1. The Bertz CT molecular complexity index is 878. The molecule has 0 aliphatic rings. The van der Waals surface area contributed by atoms with E-state index in [4.69, 9.17) is 0 Å². The van der Waals surface area contributed by atoms with Gasteiger partial charge >= 0.3 is 0 Å². The average Bonchev–Trinajstić information content (AvgIpc) is 2.98. The van der Waals surface area contributed by atoms with Gasteiger partial charge in [-0.25, -0.2) is 14.1 Å². The number of aryl methyl sites for hydroxylation is 1. The molecule has 0 spiro atoms. The molecule has 8 heteroatoms. The van der Waals surface area contributed by atoms with Crippen LogP contribution in [0.2, 0.25) is 0 Å². The summed E-state index contributed by atoms with van der Waals surface area (Å²) in [7, 11) is 0. The lowest BCUT2D eigenvalue weighted by molar-refractivity contribution is -0.385. The number of hydrogen-bond donors (Lipinski definition) is 1. The highest BCUT2D eigenvalue weighted by atomic mass is 19.1. The van der Waals surface area contributed by atoms with E-state index in [9.17, 15) is 14.5 Å². The van der Waals surface area contributed by atoms with Crippen molar-refractivity contribution in [3.63, 3.8) is 0 Å². The molecule has 1 aromatic carbocycles. The van der Waals surface area contributed by atoms with Gasteiger partial charge in [-0.3, -0.25) is 10.1 Å². The predicted molar refractivity (Wildman–Crippen MR) is 82.4 cm³/mol.